The first-order chi connectivity index (χ1) is 6.31. The van der Waals surface area contributed by atoms with Crippen molar-refractivity contribution in [3.8, 4) is 0 Å². The van der Waals surface area contributed by atoms with Gasteiger partial charge in [-0.3, -0.25) is 4.79 Å². The molecule has 1 aliphatic rings. The molecule has 0 aromatic heterocycles. The number of unbranched alkanes of at least 4 members (excludes halogenated alkanes) is 4. The first-order valence-corrected chi connectivity index (χ1v) is 5.26. The zero-order valence-corrected chi connectivity index (χ0v) is 8.46. The van der Waals surface area contributed by atoms with Gasteiger partial charge < -0.3 is 4.90 Å². The molecule has 0 N–H and O–H groups in total. The maximum absolute atomic E-state index is 11.0. The molecule has 2 nitrogen and oxygen atoms in total. The molecule has 1 aliphatic heterocycles. The number of carbonyl (C=O) groups is 1. The maximum atomic E-state index is 11.0. The molecule has 1 fully saturated rings. The number of hydrogen-bond acceptors (Lipinski definition) is 1. The average molecular weight is 181 g/mol. The highest BCUT2D eigenvalue weighted by atomic mass is 16.2. The van der Waals surface area contributed by atoms with Crippen LogP contribution in [0.3, 0.4) is 0 Å². The molecular weight excluding hydrogens is 162 g/mol. The molecule has 13 heavy (non-hydrogen) atoms. The maximum Gasteiger partial charge on any atom is 0.250 e. The van der Waals surface area contributed by atoms with E-state index < -0.39 is 0 Å². The quantitative estimate of drug-likeness (QED) is 0.437. The van der Waals surface area contributed by atoms with Gasteiger partial charge in [-0.2, -0.15) is 0 Å². The van der Waals surface area contributed by atoms with Crippen molar-refractivity contribution in [1.29, 1.82) is 0 Å². The SMILES string of the molecule is C=CN1C(=O)C1CCCCCCC. The third-order valence-electron chi connectivity index (χ3n) is 2.59. The Morgan fingerprint density at radius 1 is 1.38 bits per heavy atom. The van der Waals surface area contributed by atoms with E-state index in [2.05, 4.69) is 13.5 Å². The number of amides is 1. The summed E-state index contributed by atoms with van der Waals surface area (Å²) in [4.78, 5) is 12.7. The van der Waals surface area contributed by atoms with E-state index in [0.29, 0.717) is 0 Å². The third kappa shape index (κ3) is 2.87. The van der Waals surface area contributed by atoms with Crippen LogP contribution in [0, 0.1) is 0 Å². The largest absolute Gasteiger partial charge is 0.305 e. The summed E-state index contributed by atoms with van der Waals surface area (Å²) in [7, 11) is 0. The summed E-state index contributed by atoms with van der Waals surface area (Å²) >= 11 is 0. The Balaban J connectivity index is 1.96. The monoisotopic (exact) mass is 181 g/mol. The van der Waals surface area contributed by atoms with Gasteiger partial charge in [-0.1, -0.05) is 45.6 Å². The minimum atomic E-state index is 0.180. The first kappa shape index (κ1) is 10.3. The van der Waals surface area contributed by atoms with Gasteiger partial charge in [0.15, 0.2) is 0 Å². The van der Waals surface area contributed by atoms with E-state index in [1.807, 2.05) is 0 Å². The standard InChI is InChI=1S/C11H19NO/c1-3-5-6-7-8-9-10-11(13)12(10)4-2/h4,10H,2-3,5-9H2,1H3. The number of carbonyl (C=O) groups excluding carboxylic acids is 1. The van der Waals surface area contributed by atoms with Crippen LogP contribution in [0.4, 0.5) is 0 Å². The van der Waals surface area contributed by atoms with Gasteiger partial charge in [0, 0.05) is 6.20 Å². The van der Waals surface area contributed by atoms with E-state index in [9.17, 15) is 4.79 Å². The molecule has 0 radical (unpaired) electrons. The van der Waals surface area contributed by atoms with E-state index in [1.54, 1.807) is 11.1 Å². The Morgan fingerprint density at radius 3 is 2.62 bits per heavy atom. The molecule has 0 bridgehead atoms. The lowest BCUT2D eigenvalue weighted by molar-refractivity contribution is -0.113. The zero-order valence-electron chi connectivity index (χ0n) is 8.46. The minimum Gasteiger partial charge on any atom is -0.305 e. The number of rotatable bonds is 7. The lowest BCUT2D eigenvalue weighted by Crippen LogP contribution is -1.92. The van der Waals surface area contributed by atoms with Crippen molar-refractivity contribution in [2.24, 2.45) is 0 Å². The molecule has 2 heteroatoms. The van der Waals surface area contributed by atoms with Gasteiger partial charge >= 0.3 is 0 Å². The predicted molar refractivity (Wildman–Crippen MR) is 54.2 cm³/mol. The van der Waals surface area contributed by atoms with E-state index >= 15 is 0 Å². The van der Waals surface area contributed by atoms with Crippen LogP contribution in [0.25, 0.3) is 0 Å². The minimum absolute atomic E-state index is 0.180. The van der Waals surface area contributed by atoms with Crippen molar-refractivity contribution in [1.82, 2.24) is 4.90 Å². The summed E-state index contributed by atoms with van der Waals surface area (Å²) in [6.07, 6.45) is 9.02. The fourth-order valence-corrected chi connectivity index (χ4v) is 1.65. The predicted octanol–water partition coefficient (Wildman–Crippen LogP) is 2.70. The van der Waals surface area contributed by atoms with Gasteiger partial charge in [0.1, 0.15) is 6.04 Å². The molecule has 1 rings (SSSR count). The number of hydrogen-bond donors (Lipinski definition) is 0. The van der Waals surface area contributed by atoms with Crippen molar-refractivity contribution in [2.45, 2.75) is 51.5 Å². The fourth-order valence-electron chi connectivity index (χ4n) is 1.65. The van der Waals surface area contributed by atoms with Crippen LogP contribution in [-0.4, -0.2) is 16.8 Å². The zero-order chi connectivity index (χ0) is 9.68. The van der Waals surface area contributed by atoms with E-state index in [0.717, 1.165) is 6.42 Å². The summed E-state index contributed by atoms with van der Waals surface area (Å²) < 4.78 is 0. The Bertz CT molecular complexity index is 189. The van der Waals surface area contributed by atoms with Crippen LogP contribution >= 0.6 is 0 Å². The molecule has 0 spiro atoms. The van der Waals surface area contributed by atoms with Crippen molar-refractivity contribution in [2.75, 3.05) is 0 Å². The molecule has 1 amide bonds. The average Bonchev–Trinajstić information content (AvgIpc) is 2.76. The van der Waals surface area contributed by atoms with Crippen LogP contribution in [0.5, 0.6) is 0 Å². The summed E-state index contributed by atoms with van der Waals surface area (Å²) in [6.45, 7) is 5.80. The Hall–Kier alpha value is -0.790. The molecule has 1 unspecified atom stereocenters. The molecule has 0 aliphatic carbocycles. The van der Waals surface area contributed by atoms with Gasteiger partial charge in [0.25, 0.3) is 0 Å². The molecule has 0 aromatic rings. The Morgan fingerprint density at radius 2 is 2.08 bits per heavy atom. The smallest absolute Gasteiger partial charge is 0.250 e. The van der Waals surface area contributed by atoms with Crippen molar-refractivity contribution in [3.63, 3.8) is 0 Å². The molecule has 1 heterocycles. The second-order valence-corrected chi connectivity index (χ2v) is 3.65. The molecule has 1 saturated heterocycles. The normalized spacial score (nSPS) is 20.5. The topological polar surface area (TPSA) is 20.1 Å². The lowest BCUT2D eigenvalue weighted by atomic mass is 10.1. The van der Waals surface area contributed by atoms with Gasteiger partial charge in [0.2, 0.25) is 5.91 Å². The van der Waals surface area contributed by atoms with Gasteiger partial charge in [-0.05, 0) is 6.42 Å². The number of nitrogens with zero attached hydrogens (tertiary/aromatic N) is 1. The summed E-state index contributed by atoms with van der Waals surface area (Å²) in [5.74, 6) is 0.255. The molecule has 0 aromatic carbocycles. The van der Waals surface area contributed by atoms with Gasteiger partial charge in [-0.25, -0.2) is 0 Å². The van der Waals surface area contributed by atoms with E-state index in [1.165, 1.54) is 32.1 Å². The molecule has 74 valence electrons. The highest BCUT2D eigenvalue weighted by Crippen LogP contribution is 2.25. The van der Waals surface area contributed by atoms with E-state index in [-0.39, 0.29) is 11.9 Å². The molecular formula is C11H19NO. The van der Waals surface area contributed by atoms with Gasteiger partial charge in [-0.15, -0.1) is 0 Å². The first-order valence-electron chi connectivity index (χ1n) is 5.26. The third-order valence-corrected chi connectivity index (χ3v) is 2.59. The van der Waals surface area contributed by atoms with Crippen LogP contribution in [0.2, 0.25) is 0 Å². The Labute approximate surface area is 80.6 Å². The second kappa shape index (κ2) is 5.05. The summed E-state index contributed by atoms with van der Waals surface area (Å²) in [5, 5.41) is 0. The molecule has 0 saturated carbocycles. The van der Waals surface area contributed by atoms with Crippen molar-refractivity contribution < 1.29 is 4.79 Å². The van der Waals surface area contributed by atoms with Gasteiger partial charge in [0.05, 0.1) is 0 Å². The van der Waals surface area contributed by atoms with E-state index in [4.69, 9.17) is 0 Å². The fraction of sp³-hybridized carbons (Fsp3) is 0.727. The van der Waals surface area contributed by atoms with Crippen molar-refractivity contribution >= 4 is 5.91 Å². The summed E-state index contributed by atoms with van der Waals surface area (Å²) in [5.41, 5.74) is 0. The van der Waals surface area contributed by atoms with Crippen LogP contribution in [0.15, 0.2) is 12.8 Å². The van der Waals surface area contributed by atoms with Crippen LogP contribution in [-0.2, 0) is 4.79 Å². The molecule has 1 atom stereocenters. The highest BCUT2D eigenvalue weighted by molar-refractivity contribution is 5.97. The van der Waals surface area contributed by atoms with Crippen molar-refractivity contribution in [3.05, 3.63) is 12.8 Å². The van der Waals surface area contributed by atoms with Crippen LogP contribution in [0.1, 0.15) is 45.4 Å². The second-order valence-electron chi connectivity index (χ2n) is 3.65. The Kier molecular flexibility index (Phi) is 4.00. The summed E-state index contributed by atoms with van der Waals surface area (Å²) in [6, 6.07) is 0.180. The lowest BCUT2D eigenvalue weighted by Gasteiger charge is -1.97. The van der Waals surface area contributed by atoms with Crippen LogP contribution < -0.4 is 0 Å². The highest BCUT2D eigenvalue weighted by Gasteiger charge is 2.42.